The number of methoxy groups -OCH3 is 1. The van der Waals surface area contributed by atoms with Gasteiger partial charge >= 0.3 is 6.09 Å². The fourth-order valence-electron chi connectivity index (χ4n) is 3.04. The Balaban J connectivity index is 1.59. The summed E-state index contributed by atoms with van der Waals surface area (Å²) in [6.07, 6.45) is 1.16. The van der Waals surface area contributed by atoms with Gasteiger partial charge in [0.2, 0.25) is 0 Å². The number of piperidine rings is 1. The van der Waals surface area contributed by atoms with Crippen LogP contribution in [0.5, 0.6) is 5.75 Å². The zero-order valence-electron chi connectivity index (χ0n) is 14.5. The minimum absolute atomic E-state index is 0.0547. The number of aromatic amines is 1. The second-order valence-corrected chi connectivity index (χ2v) is 6.07. The summed E-state index contributed by atoms with van der Waals surface area (Å²) in [6.45, 7) is 3.35. The van der Waals surface area contributed by atoms with Gasteiger partial charge in [0.25, 0.3) is 5.91 Å². The van der Waals surface area contributed by atoms with E-state index in [1.54, 1.807) is 18.9 Å². The van der Waals surface area contributed by atoms with Crippen molar-refractivity contribution in [3.05, 3.63) is 30.0 Å². The topological polar surface area (TPSA) is 83.7 Å². The monoisotopic (exact) mass is 345 g/mol. The summed E-state index contributed by atoms with van der Waals surface area (Å²) in [5, 5.41) is 3.97. The average Bonchev–Trinajstić information content (AvgIpc) is 3.05. The van der Waals surface area contributed by atoms with Crippen LogP contribution in [0.1, 0.15) is 30.3 Å². The Morgan fingerprint density at radius 2 is 2.04 bits per heavy atom. The summed E-state index contributed by atoms with van der Waals surface area (Å²) in [4.78, 5) is 29.0. The lowest BCUT2D eigenvalue weighted by molar-refractivity contribution is 0.0857. The van der Waals surface area contributed by atoms with Gasteiger partial charge in [-0.2, -0.15) is 0 Å². The van der Waals surface area contributed by atoms with E-state index in [-0.39, 0.29) is 18.0 Å². The highest BCUT2D eigenvalue weighted by atomic mass is 16.6. The maximum atomic E-state index is 12.5. The molecule has 0 aliphatic carbocycles. The van der Waals surface area contributed by atoms with Crippen LogP contribution in [0.2, 0.25) is 0 Å². The third kappa shape index (κ3) is 3.87. The lowest BCUT2D eigenvalue weighted by Gasteiger charge is -2.31. The summed E-state index contributed by atoms with van der Waals surface area (Å²) in [6, 6.07) is 7.51. The molecule has 2 aromatic rings. The molecule has 1 aromatic carbocycles. The quantitative estimate of drug-likeness (QED) is 0.892. The van der Waals surface area contributed by atoms with Crippen molar-refractivity contribution in [2.75, 3.05) is 26.8 Å². The molecule has 1 aliphatic rings. The van der Waals surface area contributed by atoms with Crippen LogP contribution >= 0.6 is 0 Å². The van der Waals surface area contributed by atoms with Gasteiger partial charge in [-0.3, -0.25) is 4.79 Å². The highest BCUT2D eigenvalue weighted by Crippen LogP contribution is 2.21. The van der Waals surface area contributed by atoms with E-state index >= 15 is 0 Å². The van der Waals surface area contributed by atoms with Gasteiger partial charge in [-0.1, -0.05) is 0 Å². The number of rotatable bonds is 4. The highest BCUT2D eigenvalue weighted by molar-refractivity contribution is 5.98. The molecule has 1 aliphatic heterocycles. The Hall–Kier alpha value is -2.70. The third-order valence-corrected chi connectivity index (χ3v) is 4.43. The molecule has 2 heterocycles. The number of hydrogen-bond acceptors (Lipinski definition) is 4. The van der Waals surface area contributed by atoms with Crippen molar-refractivity contribution in [3.8, 4) is 5.75 Å². The molecule has 1 saturated heterocycles. The van der Waals surface area contributed by atoms with E-state index in [2.05, 4.69) is 10.3 Å². The molecule has 1 fully saturated rings. The molecular weight excluding hydrogens is 322 g/mol. The average molecular weight is 345 g/mol. The number of carbonyl (C=O) groups excluding carboxylic acids is 2. The van der Waals surface area contributed by atoms with Crippen molar-refractivity contribution in [1.29, 1.82) is 0 Å². The molecule has 3 rings (SSSR count). The fourth-order valence-corrected chi connectivity index (χ4v) is 3.04. The van der Waals surface area contributed by atoms with E-state index in [1.807, 2.05) is 24.3 Å². The van der Waals surface area contributed by atoms with Crippen molar-refractivity contribution >= 4 is 22.9 Å². The number of H-pyrrole nitrogens is 1. The zero-order valence-corrected chi connectivity index (χ0v) is 14.5. The van der Waals surface area contributed by atoms with Gasteiger partial charge in [-0.15, -0.1) is 0 Å². The number of nitrogens with one attached hydrogen (secondary N) is 2. The molecule has 0 radical (unpaired) electrons. The number of amides is 2. The Bertz CT molecular complexity index is 763. The fraction of sp³-hybridized carbons (Fsp3) is 0.444. The number of ether oxygens (including phenoxy) is 2. The number of carbonyl (C=O) groups is 2. The summed E-state index contributed by atoms with van der Waals surface area (Å²) < 4.78 is 10.2. The molecule has 2 N–H and O–H groups in total. The number of likely N-dealkylation sites (tertiary alicyclic amines) is 1. The van der Waals surface area contributed by atoms with Crippen LogP contribution < -0.4 is 10.1 Å². The molecular formula is C18H23N3O4. The first-order valence-electron chi connectivity index (χ1n) is 8.50. The lowest BCUT2D eigenvalue weighted by atomic mass is 10.1. The van der Waals surface area contributed by atoms with E-state index in [0.717, 1.165) is 29.5 Å². The molecule has 2 amide bonds. The Kier molecular flexibility index (Phi) is 5.11. The molecule has 0 saturated carbocycles. The van der Waals surface area contributed by atoms with Gasteiger partial charge in [0.1, 0.15) is 11.4 Å². The van der Waals surface area contributed by atoms with Crippen molar-refractivity contribution in [1.82, 2.24) is 15.2 Å². The smallest absolute Gasteiger partial charge is 0.409 e. The van der Waals surface area contributed by atoms with E-state index in [4.69, 9.17) is 9.47 Å². The van der Waals surface area contributed by atoms with E-state index in [0.29, 0.717) is 25.4 Å². The predicted octanol–water partition coefficient (Wildman–Crippen LogP) is 2.53. The van der Waals surface area contributed by atoms with E-state index < -0.39 is 0 Å². The van der Waals surface area contributed by atoms with E-state index in [1.165, 1.54) is 0 Å². The number of fused-ring (bicyclic) bond motifs is 1. The molecule has 0 bridgehead atoms. The Labute approximate surface area is 146 Å². The van der Waals surface area contributed by atoms with Crippen LogP contribution in [0.25, 0.3) is 10.9 Å². The molecule has 134 valence electrons. The first kappa shape index (κ1) is 17.1. The number of benzene rings is 1. The Morgan fingerprint density at radius 3 is 2.72 bits per heavy atom. The molecule has 1 aromatic heterocycles. The van der Waals surface area contributed by atoms with E-state index in [9.17, 15) is 9.59 Å². The first-order chi connectivity index (χ1) is 12.1. The van der Waals surface area contributed by atoms with Crippen molar-refractivity contribution in [2.45, 2.75) is 25.8 Å². The Morgan fingerprint density at radius 1 is 1.28 bits per heavy atom. The summed E-state index contributed by atoms with van der Waals surface area (Å²) in [5.74, 6) is 0.620. The second kappa shape index (κ2) is 7.46. The maximum Gasteiger partial charge on any atom is 0.409 e. The number of nitrogens with zero attached hydrogens (tertiary/aromatic N) is 1. The van der Waals surface area contributed by atoms with Crippen LogP contribution in [0.4, 0.5) is 4.79 Å². The van der Waals surface area contributed by atoms with Gasteiger partial charge in [-0.25, -0.2) is 4.79 Å². The standard InChI is InChI=1S/C18H23N3O4/c1-3-25-18(23)21-8-6-13(7-9-21)19-17(22)16-11-12-10-14(24-2)4-5-15(12)20-16/h4-5,10-11,13,20H,3,6-9H2,1-2H3,(H,19,22). The maximum absolute atomic E-state index is 12.5. The van der Waals surface area contributed by atoms with Crippen LogP contribution in [0.15, 0.2) is 24.3 Å². The number of aromatic nitrogens is 1. The van der Waals surface area contributed by atoms with Gasteiger partial charge in [0, 0.05) is 30.0 Å². The van der Waals surface area contributed by atoms with Crippen molar-refractivity contribution in [3.63, 3.8) is 0 Å². The normalized spacial score (nSPS) is 15.2. The van der Waals surface area contributed by atoms with Crippen LogP contribution in [0, 0.1) is 0 Å². The molecule has 25 heavy (non-hydrogen) atoms. The van der Waals surface area contributed by atoms with Gasteiger partial charge in [0.15, 0.2) is 0 Å². The number of hydrogen-bond donors (Lipinski definition) is 2. The third-order valence-electron chi connectivity index (χ3n) is 4.43. The molecule has 7 nitrogen and oxygen atoms in total. The summed E-state index contributed by atoms with van der Waals surface area (Å²) >= 11 is 0. The largest absolute Gasteiger partial charge is 0.497 e. The van der Waals surface area contributed by atoms with Crippen molar-refractivity contribution < 1.29 is 19.1 Å². The van der Waals surface area contributed by atoms with Gasteiger partial charge in [0.05, 0.1) is 13.7 Å². The molecule has 0 spiro atoms. The summed E-state index contributed by atoms with van der Waals surface area (Å²) in [5.41, 5.74) is 1.42. The minimum atomic E-state index is -0.281. The first-order valence-corrected chi connectivity index (χ1v) is 8.50. The zero-order chi connectivity index (χ0) is 17.8. The molecule has 0 unspecified atom stereocenters. The SMILES string of the molecule is CCOC(=O)N1CCC(NC(=O)c2cc3cc(OC)ccc3[nH]2)CC1. The molecule has 0 atom stereocenters. The van der Waals surface area contributed by atoms with Crippen LogP contribution in [-0.4, -0.2) is 54.7 Å². The van der Waals surface area contributed by atoms with Crippen molar-refractivity contribution in [2.24, 2.45) is 0 Å². The van der Waals surface area contributed by atoms with Gasteiger partial charge < -0.3 is 24.7 Å². The highest BCUT2D eigenvalue weighted by Gasteiger charge is 2.25. The second-order valence-electron chi connectivity index (χ2n) is 6.07. The lowest BCUT2D eigenvalue weighted by Crippen LogP contribution is -2.46. The summed E-state index contributed by atoms with van der Waals surface area (Å²) in [7, 11) is 1.62. The van der Waals surface area contributed by atoms with Crippen LogP contribution in [-0.2, 0) is 4.74 Å². The minimum Gasteiger partial charge on any atom is -0.497 e. The van der Waals surface area contributed by atoms with Gasteiger partial charge in [-0.05, 0) is 44.0 Å². The molecule has 7 heteroatoms. The predicted molar refractivity (Wildman–Crippen MR) is 93.9 cm³/mol. The van der Waals surface area contributed by atoms with Crippen LogP contribution in [0.3, 0.4) is 0 Å².